The van der Waals surface area contributed by atoms with Crippen LogP contribution in [0.4, 0.5) is 0 Å². The fourth-order valence-corrected chi connectivity index (χ4v) is 2.62. The second-order valence-electron chi connectivity index (χ2n) is 5.46. The number of aromatic nitrogens is 1. The van der Waals surface area contributed by atoms with Gasteiger partial charge in [-0.2, -0.15) is 0 Å². The molecule has 0 saturated carbocycles. The number of aryl methyl sites for hydroxylation is 1. The van der Waals surface area contributed by atoms with Gasteiger partial charge in [-0.25, -0.2) is 0 Å². The van der Waals surface area contributed by atoms with Crippen LogP contribution in [0.2, 0.25) is 0 Å². The Morgan fingerprint density at radius 3 is 3.16 bits per heavy atom. The highest BCUT2D eigenvalue weighted by molar-refractivity contribution is 5.76. The molecule has 2 heterocycles. The van der Waals surface area contributed by atoms with Gasteiger partial charge in [-0.05, 0) is 43.7 Å². The normalized spacial score (nSPS) is 21.2. The first kappa shape index (κ1) is 14.0. The Labute approximate surface area is 115 Å². The summed E-state index contributed by atoms with van der Waals surface area (Å²) in [5, 5.41) is 0. The molecule has 0 aliphatic carbocycles. The summed E-state index contributed by atoms with van der Waals surface area (Å²) < 4.78 is 0. The van der Waals surface area contributed by atoms with Gasteiger partial charge in [-0.15, -0.1) is 0 Å². The number of pyridine rings is 1. The van der Waals surface area contributed by atoms with Gasteiger partial charge in [0.05, 0.1) is 0 Å². The van der Waals surface area contributed by atoms with E-state index in [0.29, 0.717) is 12.3 Å². The monoisotopic (exact) mass is 261 g/mol. The number of likely N-dealkylation sites (tertiary alicyclic amines) is 1. The number of hydrogen-bond donors (Lipinski definition) is 1. The zero-order chi connectivity index (χ0) is 13.7. The van der Waals surface area contributed by atoms with Crippen LogP contribution in [-0.4, -0.2) is 34.9 Å². The molecule has 0 bridgehead atoms. The number of piperidine rings is 1. The summed E-state index contributed by atoms with van der Waals surface area (Å²) in [6, 6.07) is 4.10. The first-order valence-electron chi connectivity index (χ1n) is 7.09. The van der Waals surface area contributed by atoms with E-state index in [9.17, 15) is 4.79 Å². The maximum Gasteiger partial charge on any atom is 0.222 e. The zero-order valence-corrected chi connectivity index (χ0v) is 11.6. The quantitative estimate of drug-likeness (QED) is 0.895. The van der Waals surface area contributed by atoms with E-state index in [4.69, 9.17) is 5.73 Å². The Hall–Kier alpha value is -1.42. The van der Waals surface area contributed by atoms with Gasteiger partial charge in [-0.1, -0.05) is 6.07 Å². The Morgan fingerprint density at radius 1 is 1.63 bits per heavy atom. The molecule has 2 N–H and O–H groups in total. The molecule has 104 valence electrons. The predicted molar refractivity (Wildman–Crippen MR) is 75.5 cm³/mol. The van der Waals surface area contributed by atoms with Gasteiger partial charge in [-0.3, -0.25) is 9.78 Å². The molecule has 1 saturated heterocycles. The van der Waals surface area contributed by atoms with Crippen molar-refractivity contribution in [2.75, 3.05) is 13.1 Å². The molecule has 1 fully saturated rings. The second kappa shape index (κ2) is 6.66. The van der Waals surface area contributed by atoms with Crippen LogP contribution in [0.15, 0.2) is 24.5 Å². The molecule has 1 aromatic heterocycles. The fraction of sp³-hybridized carbons (Fsp3) is 0.600. The van der Waals surface area contributed by atoms with Crippen molar-refractivity contribution < 1.29 is 4.79 Å². The van der Waals surface area contributed by atoms with E-state index in [-0.39, 0.29) is 11.9 Å². The van der Waals surface area contributed by atoms with E-state index in [2.05, 4.69) is 4.98 Å². The van der Waals surface area contributed by atoms with E-state index in [0.717, 1.165) is 37.9 Å². The van der Waals surface area contributed by atoms with Crippen molar-refractivity contribution in [3.8, 4) is 0 Å². The minimum atomic E-state index is 0.175. The largest absolute Gasteiger partial charge is 0.342 e. The lowest BCUT2D eigenvalue weighted by molar-refractivity contribution is -0.133. The van der Waals surface area contributed by atoms with Gasteiger partial charge in [0.1, 0.15) is 0 Å². The zero-order valence-electron chi connectivity index (χ0n) is 11.6. The molecule has 19 heavy (non-hydrogen) atoms. The van der Waals surface area contributed by atoms with Crippen molar-refractivity contribution in [1.82, 2.24) is 9.88 Å². The molecule has 0 aromatic carbocycles. The SMILES string of the molecule is CC(N)C1CCCN(C(=O)CCc2cccnc2)C1. The third-order valence-electron chi connectivity index (χ3n) is 3.90. The van der Waals surface area contributed by atoms with Crippen molar-refractivity contribution in [1.29, 1.82) is 0 Å². The van der Waals surface area contributed by atoms with Crippen molar-refractivity contribution in [2.24, 2.45) is 11.7 Å². The van der Waals surface area contributed by atoms with E-state index in [1.54, 1.807) is 6.20 Å². The summed E-state index contributed by atoms with van der Waals surface area (Å²) in [5.41, 5.74) is 7.07. The van der Waals surface area contributed by atoms with Crippen LogP contribution in [0.25, 0.3) is 0 Å². The summed E-state index contributed by atoms with van der Waals surface area (Å²) in [5.74, 6) is 0.699. The van der Waals surface area contributed by atoms with Gasteiger partial charge in [0.25, 0.3) is 0 Å². The molecule has 1 aromatic rings. The van der Waals surface area contributed by atoms with Crippen molar-refractivity contribution in [3.63, 3.8) is 0 Å². The smallest absolute Gasteiger partial charge is 0.222 e. The highest BCUT2D eigenvalue weighted by atomic mass is 16.2. The molecule has 0 radical (unpaired) electrons. The minimum Gasteiger partial charge on any atom is -0.342 e. The lowest BCUT2D eigenvalue weighted by Crippen LogP contribution is -2.45. The van der Waals surface area contributed by atoms with E-state index in [1.807, 2.05) is 30.2 Å². The van der Waals surface area contributed by atoms with Crippen LogP contribution in [-0.2, 0) is 11.2 Å². The van der Waals surface area contributed by atoms with Gasteiger partial charge in [0.2, 0.25) is 5.91 Å². The maximum absolute atomic E-state index is 12.2. The highest BCUT2D eigenvalue weighted by Crippen LogP contribution is 2.19. The average Bonchev–Trinajstić information content (AvgIpc) is 2.46. The summed E-state index contributed by atoms with van der Waals surface area (Å²) in [4.78, 5) is 18.3. The third kappa shape index (κ3) is 4.03. The van der Waals surface area contributed by atoms with Crippen LogP contribution in [0.5, 0.6) is 0 Å². The van der Waals surface area contributed by atoms with Crippen molar-refractivity contribution >= 4 is 5.91 Å². The molecule has 4 heteroatoms. The first-order valence-corrected chi connectivity index (χ1v) is 7.09. The lowest BCUT2D eigenvalue weighted by atomic mass is 9.92. The molecule has 2 atom stereocenters. The van der Waals surface area contributed by atoms with Crippen molar-refractivity contribution in [2.45, 2.75) is 38.6 Å². The molecule has 0 spiro atoms. The number of amides is 1. The summed E-state index contributed by atoms with van der Waals surface area (Å²) in [7, 11) is 0. The van der Waals surface area contributed by atoms with Crippen LogP contribution >= 0.6 is 0 Å². The molecule has 2 unspecified atom stereocenters. The summed E-state index contributed by atoms with van der Waals surface area (Å²) in [6.45, 7) is 3.74. The molecular formula is C15H23N3O. The molecule has 1 aliphatic rings. The first-order chi connectivity index (χ1) is 9.16. The van der Waals surface area contributed by atoms with Gasteiger partial charge in [0, 0.05) is 37.9 Å². The molecule has 4 nitrogen and oxygen atoms in total. The molecule has 2 rings (SSSR count). The third-order valence-corrected chi connectivity index (χ3v) is 3.90. The Morgan fingerprint density at radius 2 is 2.47 bits per heavy atom. The second-order valence-corrected chi connectivity index (χ2v) is 5.46. The van der Waals surface area contributed by atoms with Gasteiger partial charge in [0.15, 0.2) is 0 Å². The summed E-state index contributed by atoms with van der Waals surface area (Å²) in [6.07, 6.45) is 7.13. The van der Waals surface area contributed by atoms with Crippen LogP contribution in [0.3, 0.4) is 0 Å². The number of carbonyl (C=O) groups excluding carboxylic acids is 1. The number of nitrogens with zero attached hydrogens (tertiary/aromatic N) is 2. The number of hydrogen-bond acceptors (Lipinski definition) is 3. The van der Waals surface area contributed by atoms with Crippen LogP contribution in [0.1, 0.15) is 31.7 Å². The van der Waals surface area contributed by atoms with E-state index >= 15 is 0 Å². The highest BCUT2D eigenvalue weighted by Gasteiger charge is 2.25. The van der Waals surface area contributed by atoms with Crippen molar-refractivity contribution in [3.05, 3.63) is 30.1 Å². The molecular weight excluding hydrogens is 238 g/mol. The van der Waals surface area contributed by atoms with Crippen LogP contribution in [0, 0.1) is 5.92 Å². The Kier molecular flexibility index (Phi) is 4.91. The molecule has 1 aliphatic heterocycles. The van der Waals surface area contributed by atoms with Gasteiger partial charge >= 0.3 is 0 Å². The van der Waals surface area contributed by atoms with Crippen LogP contribution < -0.4 is 5.73 Å². The summed E-state index contributed by atoms with van der Waals surface area (Å²) >= 11 is 0. The number of nitrogens with two attached hydrogens (primary N) is 1. The number of carbonyl (C=O) groups is 1. The Bertz CT molecular complexity index is 405. The minimum absolute atomic E-state index is 0.175. The average molecular weight is 261 g/mol. The van der Waals surface area contributed by atoms with E-state index in [1.165, 1.54) is 0 Å². The topological polar surface area (TPSA) is 59.2 Å². The maximum atomic E-state index is 12.2. The molecule has 1 amide bonds. The standard InChI is InChI=1S/C15H23N3O/c1-12(16)14-5-3-9-18(11-14)15(19)7-6-13-4-2-8-17-10-13/h2,4,8,10,12,14H,3,5-7,9,11,16H2,1H3. The van der Waals surface area contributed by atoms with Gasteiger partial charge < -0.3 is 10.6 Å². The van der Waals surface area contributed by atoms with E-state index < -0.39 is 0 Å². The Balaban J connectivity index is 1.83. The fourth-order valence-electron chi connectivity index (χ4n) is 2.62. The predicted octanol–water partition coefficient (Wildman–Crippen LogP) is 1.60. The lowest BCUT2D eigenvalue weighted by Gasteiger charge is -2.34. The number of rotatable bonds is 4.